The fourth-order valence-corrected chi connectivity index (χ4v) is 3.46. The van der Waals surface area contributed by atoms with E-state index >= 15 is 0 Å². The third-order valence-electron chi connectivity index (χ3n) is 4.76. The third-order valence-corrected chi connectivity index (χ3v) is 4.76. The van der Waals surface area contributed by atoms with Crippen LogP contribution in [-0.2, 0) is 18.3 Å². The molecule has 7 heteroatoms. The summed E-state index contributed by atoms with van der Waals surface area (Å²) in [6, 6.07) is 6.38. The number of amides is 1. The van der Waals surface area contributed by atoms with Gasteiger partial charge in [0.2, 0.25) is 5.91 Å². The molecular weight excluding hydrogens is 344 g/mol. The van der Waals surface area contributed by atoms with Gasteiger partial charge in [-0.25, -0.2) is 9.78 Å². The number of nitrogens with zero attached hydrogens (tertiary/aromatic N) is 3. The van der Waals surface area contributed by atoms with Gasteiger partial charge in [-0.15, -0.1) is 0 Å². The molecule has 0 aliphatic heterocycles. The first-order chi connectivity index (χ1) is 12.8. The van der Waals surface area contributed by atoms with E-state index in [4.69, 9.17) is 0 Å². The minimum absolute atomic E-state index is 0.0762. The van der Waals surface area contributed by atoms with Gasteiger partial charge in [-0.1, -0.05) is 12.1 Å². The summed E-state index contributed by atoms with van der Waals surface area (Å²) in [5.41, 5.74) is 5.13. The molecular formula is C20H22N4O3. The molecule has 0 aliphatic carbocycles. The van der Waals surface area contributed by atoms with Gasteiger partial charge in [-0.2, -0.15) is 5.10 Å². The molecule has 0 spiro atoms. The van der Waals surface area contributed by atoms with Crippen molar-refractivity contribution in [3.63, 3.8) is 0 Å². The number of fused-ring (bicyclic) bond motifs is 1. The number of benzene rings is 1. The Morgan fingerprint density at radius 1 is 1.15 bits per heavy atom. The van der Waals surface area contributed by atoms with Crippen LogP contribution in [0.25, 0.3) is 11.0 Å². The van der Waals surface area contributed by atoms with E-state index in [9.17, 15) is 14.7 Å². The van der Waals surface area contributed by atoms with Gasteiger partial charge in [-0.3, -0.25) is 9.48 Å². The van der Waals surface area contributed by atoms with Gasteiger partial charge in [0, 0.05) is 24.5 Å². The quantitative estimate of drug-likeness (QED) is 0.723. The molecule has 0 radical (unpaired) electrons. The maximum atomic E-state index is 12.4. The van der Waals surface area contributed by atoms with Crippen molar-refractivity contribution in [2.75, 3.05) is 5.32 Å². The maximum absolute atomic E-state index is 12.4. The van der Waals surface area contributed by atoms with Crippen LogP contribution in [0.4, 0.5) is 5.69 Å². The number of pyridine rings is 1. The van der Waals surface area contributed by atoms with Crippen LogP contribution in [0.5, 0.6) is 0 Å². The molecule has 0 saturated heterocycles. The number of carbonyl (C=O) groups excluding carboxylic acids is 1. The van der Waals surface area contributed by atoms with E-state index in [1.807, 2.05) is 27.8 Å². The summed E-state index contributed by atoms with van der Waals surface area (Å²) in [7, 11) is 1.87. The lowest BCUT2D eigenvalue weighted by molar-refractivity contribution is -0.116. The van der Waals surface area contributed by atoms with Crippen LogP contribution in [0.1, 0.15) is 39.3 Å². The van der Waals surface area contributed by atoms with Crippen LogP contribution in [-0.4, -0.2) is 31.7 Å². The predicted molar refractivity (Wildman–Crippen MR) is 103 cm³/mol. The van der Waals surface area contributed by atoms with Crippen molar-refractivity contribution in [3.8, 4) is 0 Å². The highest BCUT2D eigenvalue weighted by molar-refractivity contribution is 6.00. The van der Waals surface area contributed by atoms with Crippen LogP contribution in [0.3, 0.4) is 0 Å². The number of hydrogen-bond donors (Lipinski definition) is 2. The normalized spacial score (nSPS) is 11.0. The number of carboxylic acids is 1. The number of hydrogen-bond acceptors (Lipinski definition) is 4. The standard InChI is InChI=1S/C20H22N4O3/c1-11-14(12(2)21-19-18(11)13(3)23-24(19)4)9-10-17(25)22-16-8-6-5-7-15(16)20(26)27/h5-8H,9-10H2,1-4H3,(H,22,25)(H,26,27). The zero-order valence-corrected chi connectivity index (χ0v) is 15.8. The molecule has 0 aliphatic rings. The predicted octanol–water partition coefficient (Wildman–Crippen LogP) is 3.16. The lowest BCUT2D eigenvalue weighted by atomic mass is 9.99. The second-order valence-electron chi connectivity index (χ2n) is 6.61. The van der Waals surface area contributed by atoms with Gasteiger partial charge in [0.1, 0.15) is 0 Å². The van der Waals surface area contributed by atoms with Crippen LogP contribution >= 0.6 is 0 Å². The lowest BCUT2D eigenvalue weighted by Crippen LogP contribution is -2.15. The average Bonchev–Trinajstić information content (AvgIpc) is 2.88. The van der Waals surface area contributed by atoms with Crippen molar-refractivity contribution in [1.82, 2.24) is 14.8 Å². The molecule has 0 fully saturated rings. The molecule has 2 N–H and O–H groups in total. The number of nitrogens with one attached hydrogen (secondary N) is 1. The summed E-state index contributed by atoms with van der Waals surface area (Å²) in [5.74, 6) is -1.30. The molecule has 0 bridgehead atoms. The van der Waals surface area contributed by atoms with Gasteiger partial charge in [-0.05, 0) is 50.5 Å². The van der Waals surface area contributed by atoms with Crippen molar-refractivity contribution in [2.45, 2.75) is 33.6 Å². The minimum Gasteiger partial charge on any atom is -0.478 e. The highest BCUT2D eigenvalue weighted by Gasteiger charge is 2.17. The summed E-state index contributed by atoms with van der Waals surface area (Å²) in [5, 5.41) is 17.4. The van der Waals surface area contributed by atoms with E-state index in [0.29, 0.717) is 12.1 Å². The van der Waals surface area contributed by atoms with E-state index in [1.165, 1.54) is 6.07 Å². The summed E-state index contributed by atoms with van der Waals surface area (Å²) in [6.07, 6.45) is 0.762. The van der Waals surface area contributed by atoms with Crippen molar-refractivity contribution in [2.24, 2.45) is 7.05 Å². The molecule has 2 heterocycles. The molecule has 140 valence electrons. The van der Waals surface area contributed by atoms with Gasteiger partial charge in [0.25, 0.3) is 0 Å². The Morgan fingerprint density at radius 2 is 1.85 bits per heavy atom. The molecule has 0 saturated carbocycles. The smallest absolute Gasteiger partial charge is 0.337 e. The summed E-state index contributed by atoms with van der Waals surface area (Å²) in [6.45, 7) is 5.91. The molecule has 0 unspecified atom stereocenters. The Hall–Kier alpha value is -3.22. The Morgan fingerprint density at radius 3 is 2.56 bits per heavy atom. The Bertz CT molecular complexity index is 1050. The first-order valence-corrected chi connectivity index (χ1v) is 8.71. The number of rotatable bonds is 5. The van der Waals surface area contributed by atoms with E-state index in [2.05, 4.69) is 15.4 Å². The highest BCUT2D eigenvalue weighted by Crippen LogP contribution is 2.26. The second-order valence-corrected chi connectivity index (χ2v) is 6.61. The largest absolute Gasteiger partial charge is 0.478 e. The fourth-order valence-electron chi connectivity index (χ4n) is 3.46. The van der Waals surface area contributed by atoms with Crippen molar-refractivity contribution >= 4 is 28.6 Å². The van der Waals surface area contributed by atoms with Crippen LogP contribution in [0.15, 0.2) is 24.3 Å². The van der Waals surface area contributed by atoms with Crippen molar-refractivity contribution in [1.29, 1.82) is 0 Å². The molecule has 3 aromatic rings. The second kappa shape index (κ2) is 7.19. The van der Waals surface area contributed by atoms with E-state index in [1.54, 1.807) is 22.9 Å². The SMILES string of the molecule is Cc1nc2c(c(C)nn2C)c(C)c1CCC(=O)Nc1ccccc1C(=O)O. The minimum atomic E-state index is -1.07. The first kappa shape index (κ1) is 18.6. The maximum Gasteiger partial charge on any atom is 0.337 e. The molecule has 1 aromatic carbocycles. The zero-order valence-electron chi connectivity index (χ0n) is 15.8. The van der Waals surface area contributed by atoms with Gasteiger partial charge in [0.15, 0.2) is 5.65 Å². The number of para-hydroxylation sites is 1. The molecule has 2 aromatic heterocycles. The number of aryl methyl sites for hydroxylation is 4. The Balaban J connectivity index is 1.80. The number of anilines is 1. The van der Waals surface area contributed by atoms with Crippen LogP contribution in [0, 0.1) is 20.8 Å². The first-order valence-electron chi connectivity index (χ1n) is 8.71. The van der Waals surface area contributed by atoms with Crippen LogP contribution < -0.4 is 5.32 Å². The summed E-state index contributed by atoms with van der Waals surface area (Å²) >= 11 is 0. The monoisotopic (exact) mass is 366 g/mol. The number of aromatic carboxylic acids is 1. The van der Waals surface area contributed by atoms with E-state index in [-0.39, 0.29) is 17.9 Å². The molecule has 3 rings (SSSR count). The molecule has 1 amide bonds. The van der Waals surface area contributed by atoms with Gasteiger partial charge >= 0.3 is 5.97 Å². The average molecular weight is 366 g/mol. The molecule has 0 atom stereocenters. The zero-order chi connectivity index (χ0) is 19.7. The molecule has 27 heavy (non-hydrogen) atoms. The lowest BCUT2D eigenvalue weighted by Gasteiger charge is -2.12. The van der Waals surface area contributed by atoms with Crippen molar-refractivity contribution < 1.29 is 14.7 Å². The van der Waals surface area contributed by atoms with Crippen LogP contribution in [0.2, 0.25) is 0 Å². The number of aromatic nitrogens is 3. The topological polar surface area (TPSA) is 97.1 Å². The van der Waals surface area contributed by atoms with Crippen molar-refractivity contribution in [3.05, 3.63) is 52.3 Å². The van der Waals surface area contributed by atoms with E-state index in [0.717, 1.165) is 33.5 Å². The van der Waals surface area contributed by atoms with Gasteiger partial charge < -0.3 is 10.4 Å². The Labute approximate surface area is 157 Å². The molecule has 7 nitrogen and oxygen atoms in total. The van der Waals surface area contributed by atoms with Gasteiger partial charge in [0.05, 0.1) is 16.9 Å². The van der Waals surface area contributed by atoms with E-state index < -0.39 is 5.97 Å². The third kappa shape index (κ3) is 3.53. The number of carboxylic acid groups (broad SMARTS) is 1. The number of carbonyl (C=O) groups is 2. The summed E-state index contributed by atoms with van der Waals surface area (Å²) < 4.78 is 1.77. The Kier molecular flexibility index (Phi) is 4.94. The summed E-state index contributed by atoms with van der Waals surface area (Å²) in [4.78, 5) is 28.3. The fraction of sp³-hybridized carbons (Fsp3) is 0.300. The highest BCUT2D eigenvalue weighted by atomic mass is 16.4.